The molecule has 28 heavy (non-hydrogen) atoms. The second-order valence-electron chi connectivity index (χ2n) is 6.64. The lowest BCUT2D eigenvalue weighted by atomic mass is 10.1. The molecule has 144 valence electrons. The highest BCUT2D eigenvalue weighted by Gasteiger charge is 2.24. The molecule has 2 aliphatic rings. The summed E-state index contributed by atoms with van der Waals surface area (Å²) in [5.41, 5.74) is 2.22. The molecule has 1 saturated heterocycles. The zero-order valence-electron chi connectivity index (χ0n) is 14.9. The molecule has 0 bridgehead atoms. The zero-order valence-corrected chi connectivity index (χ0v) is 14.9. The third kappa shape index (κ3) is 3.40. The number of rotatable bonds is 4. The Morgan fingerprint density at radius 1 is 1.04 bits per heavy atom. The van der Waals surface area contributed by atoms with Crippen molar-refractivity contribution in [2.75, 3.05) is 41.7 Å². The summed E-state index contributed by atoms with van der Waals surface area (Å²) in [5, 5.41) is 5.57. The van der Waals surface area contributed by atoms with E-state index in [-0.39, 0.29) is 11.5 Å². The van der Waals surface area contributed by atoms with Crippen LogP contribution in [-0.4, -0.2) is 43.4 Å². The van der Waals surface area contributed by atoms with Crippen molar-refractivity contribution in [2.45, 2.75) is 0 Å². The Balaban J connectivity index is 1.50. The number of carbonyl (C=O) groups excluding carboxylic acids is 2. The van der Waals surface area contributed by atoms with Crippen LogP contribution in [0.4, 0.5) is 25.8 Å². The summed E-state index contributed by atoms with van der Waals surface area (Å²) in [6.07, 6.45) is 2.25. The molecule has 2 aliphatic heterocycles. The van der Waals surface area contributed by atoms with Crippen molar-refractivity contribution >= 4 is 35.0 Å². The van der Waals surface area contributed by atoms with Crippen LogP contribution in [0.5, 0.6) is 0 Å². The third-order valence-electron chi connectivity index (χ3n) is 4.90. The Hall–Kier alpha value is -3.42. The molecule has 8 heteroatoms. The van der Waals surface area contributed by atoms with E-state index in [0.717, 1.165) is 6.41 Å². The molecule has 1 fully saturated rings. The standard InChI is InChI=1S/C20H18F2N4O2/c21-13-1-3-18-15(9-13)16(20(28)24-18)11-23-14-2-4-19(17(22)10-14)26-7-5-25(12-27)6-8-26/h1-4,9-12,23H,5-8H2,(H,24,28). The number of hydrogen-bond acceptors (Lipinski definition) is 4. The summed E-state index contributed by atoms with van der Waals surface area (Å²) in [4.78, 5) is 26.4. The van der Waals surface area contributed by atoms with E-state index in [1.165, 1.54) is 30.5 Å². The van der Waals surface area contributed by atoms with Crippen molar-refractivity contribution in [3.05, 3.63) is 59.8 Å². The number of hydrogen-bond donors (Lipinski definition) is 2. The smallest absolute Gasteiger partial charge is 0.257 e. The fraction of sp³-hybridized carbons (Fsp3) is 0.200. The molecule has 2 aromatic rings. The Bertz CT molecular complexity index is 969. The van der Waals surface area contributed by atoms with Gasteiger partial charge in [-0.05, 0) is 36.4 Å². The minimum Gasteiger partial charge on any atom is -0.366 e. The van der Waals surface area contributed by atoms with E-state index >= 15 is 0 Å². The number of fused-ring (bicyclic) bond motifs is 1. The number of nitrogens with zero attached hydrogens (tertiary/aromatic N) is 2. The number of carbonyl (C=O) groups is 2. The SMILES string of the molecule is O=CN1CCN(c2ccc(NC=C3C(=O)Nc4ccc(F)cc43)cc2F)CC1. The van der Waals surface area contributed by atoms with E-state index in [0.29, 0.717) is 48.8 Å². The number of halogens is 2. The van der Waals surface area contributed by atoms with Gasteiger partial charge in [0.1, 0.15) is 11.6 Å². The minimum atomic E-state index is -0.439. The van der Waals surface area contributed by atoms with Gasteiger partial charge < -0.3 is 20.4 Å². The highest BCUT2D eigenvalue weighted by atomic mass is 19.1. The van der Waals surface area contributed by atoms with Crippen molar-refractivity contribution in [3.63, 3.8) is 0 Å². The average molecular weight is 384 g/mol. The van der Waals surface area contributed by atoms with Crippen LogP contribution in [0, 0.1) is 11.6 Å². The Morgan fingerprint density at radius 3 is 2.54 bits per heavy atom. The van der Waals surface area contributed by atoms with Crippen LogP contribution in [0.15, 0.2) is 42.6 Å². The van der Waals surface area contributed by atoms with Crippen LogP contribution in [0.1, 0.15) is 5.56 Å². The maximum absolute atomic E-state index is 14.6. The largest absolute Gasteiger partial charge is 0.366 e. The first-order valence-electron chi connectivity index (χ1n) is 8.87. The van der Waals surface area contributed by atoms with E-state index in [9.17, 15) is 18.4 Å². The highest BCUT2D eigenvalue weighted by Crippen LogP contribution is 2.32. The molecule has 6 nitrogen and oxygen atoms in total. The van der Waals surface area contributed by atoms with Gasteiger partial charge in [-0.2, -0.15) is 0 Å². The summed E-state index contributed by atoms with van der Waals surface area (Å²) < 4.78 is 28.1. The van der Waals surface area contributed by atoms with Gasteiger partial charge in [0.2, 0.25) is 6.41 Å². The molecule has 2 amide bonds. The first-order valence-corrected chi connectivity index (χ1v) is 8.87. The maximum Gasteiger partial charge on any atom is 0.257 e. The van der Waals surface area contributed by atoms with Crippen LogP contribution in [-0.2, 0) is 9.59 Å². The number of piperazine rings is 1. The lowest BCUT2D eigenvalue weighted by molar-refractivity contribution is -0.118. The molecular weight excluding hydrogens is 366 g/mol. The monoisotopic (exact) mass is 384 g/mol. The van der Waals surface area contributed by atoms with E-state index in [4.69, 9.17) is 0 Å². The second-order valence-corrected chi connectivity index (χ2v) is 6.64. The molecule has 0 spiro atoms. The average Bonchev–Trinajstić information content (AvgIpc) is 3.01. The molecule has 2 heterocycles. The summed E-state index contributed by atoms with van der Waals surface area (Å²) in [6, 6.07) is 8.78. The van der Waals surface area contributed by atoms with Crippen molar-refractivity contribution in [1.29, 1.82) is 0 Å². The van der Waals surface area contributed by atoms with Gasteiger partial charge >= 0.3 is 0 Å². The van der Waals surface area contributed by atoms with Gasteiger partial charge in [0, 0.05) is 49.3 Å². The quantitative estimate of drug-likeness (QED) is 0.628. The van der Waals surface area contributed by atoms with Gasteiger partial charge in [-0.15, -0.1) is 0 Å². The number of amides is 2. The minimum absolute atomic E-state index is 0.281. The number of anilines is 3. The molecule has 2 N–H and O–H groups in total. The van der Waals surface area contributed by atoms with Crippen LogP contribution >= 0.6 is 0 Å². The van der Waals surface area contributed by atoms with Gasteiger partial charge in [0.05, 0.1) is 11.3 Å². The molecule has 0 aromatic heterocycles. The molecular formula is C20H18F2N4O2. The topological polar surface area (TPSA) is 64.7 Å². The van der Waals surface area contributed by atoms with Crippen LogP contribution in [0.3, 0.4) is 0 Å². The van der Waals surface area contributed by atoms with Crippen LogP contribution in [0.2, 0.25) is 0 Å². The third-order valence-corrected chi connectivity index (χ3v) is 4.90. The van der Waals surface area contributed by atoms with E-state index in [1.807, 2.05) is 4.90 Å². The summed E-state index contributed by atoms with van der Waals surface area (Å²) in [5.74, 6) is -1.19. The summed E-state index contributed by atoms with van der Waals surface area (Å²) >= 11 is 0. The Labute approximate surface area is 160 Å². The van der Waals surface area contributed by atoms with Crippen molar-refractivity contribution in [3.8, 4) is 0 Å². The molecule has 0 unspecified atom stereocenters. The van der Waals surface area contributed by atoms with Crippen LogP contribution < -0.4 is 15.5 Å². The Kier molecular flexibility index (Phi) is 4.68. The molecule has 0 saturated carbocycles. The first kappa shape index (κ1) is 18.0. The van der Waals surface area contributed by atoms with Crippen molar-refractivity contribution in [2.24, 2.45) is 0 Å². The normalized spacial score (nSPS) is 17.5. The van der Waals surface area contributed by atoms with Crippen molar-refractivity contribution < 1.29 is 18.4 Å². The van der Waals surface area contributed by atoms with Gasteiger partial charge in [0.15, 0.2) is 0 Å². The number of nitrogens with one attached hydrogen (secondary N) is 2. The predicted molar refractivity (Wildman–Crippen MR) is 103 cm³/mol. The number of benzene rings is 2. The fourth-order valence-corrected chi connectivity index (χ4v) is 3.38. The fourth-order valence-electron chi connectivity index (χ4n) is 3.38. The molecule has 2 aromatic carbocycles. The summed E-state index contributed by atoms with van der Waals surface area (Å²) in [7, 11) is 0. The maximum atomic E-state index is 14.6. The second kappa shape index (κ2) is 7.30. The van der Waals surface area contributed by atoms with Gasteiger partial charge in [-0.1, -0.05) is 0 Å². The predicted octanol–water partition coefficient (Wildman–Crippen LogP) is 2.65. The summed E-state index contributed by atoms with van der Waals surface area (Å²) in [6.45, 7) is 2.24. The van der Waals surface area contributed by atoms with E-state index in [2.05, 4.69) is 10.6 Å². The zero-order chi connectivity index (χ0) is 19.7. The molecule has 4 rings (SSSR count). The van der Waals surface area contributed by atoms with Gasteiger partial charge in [-0.3, -0.25) is 9.59 Å². The Morgan fingerprint density at radius 2 is 1.82 bits per heavy atom. The van der Waals surface area contributed by atoms with Gasteiger partial charge in [0.25, 0.3) is 5.91 Å². The highest BCUT2D eigenvalue weighted by molar-refractivity contribution is 6.31. The van der Waals surface area contributed by atoms with Gasteiger partial charge in [-0.25, -0.2) is 8.78 Å². The lowest BCUT2D eigenvalue weighted by Gasteiger charge is -2.34. The van der Waals surface area contributed by atoms with Crippen molar-refractivity contribution in [1.82, 2.24) is 4.90 Å². The molecule has 0 radical (unpaired) electrons. The first-order chi connectivity index (χ1) is 13.5. The molecule has 0 atom stereocenters. The van der Waals surface area contributed by atoms with E-state index < -0.39 is 11.6 Å². The lowest BCUT2D eigenvalue weighted by Crippen LogP contribution is -2.46. The molecule has 0 aliphatic carbocycles. The van der Waals surface area contributed by atoms with Crippen LogP contribution in [0.25, 0.3) is 5.57 Å². The van der Waals surface area contributed by atoms with E-state index in [1.54, 1.807) is 17.0 Å².